The highest BCUT2D eigenvalue weighted by atomic mass is 16.6. The van der Waals surface area contributed by atoms with E-state index in [-0.39, 0.29) is 6.09 Å². The van der Waals surface area contributed by atoms with Crippen LogP contribution in [0.1, 0.15) is 52.9 Å². The lowest BCUT2D eigenvalue weighted by atomic mass is 10.1. The molecule has 4 nitrogen and oxygen atoms in total. The molecular formula is C14H26N2O2. The summed E-state index contributed by atoms with van der Waals surface area (Å²) in [5.74, 6) is 0. The van der Waals surface area contributed by atoms with Gasteiger partial charge in [-0.25, -0.2) is 4.79 Å². The molecular weight excluding hydrogens is 228 g/mol. The van der Waals surface area contributed by atoms with Gasteiger partial charge in [0.25, 0.3) is 0 Å². The molecule has 1 aliphatic heterocycles. The fourth-order valence-corrected chi connectivity index (χ4v) is 2.35. The number of hydrogen-bond acceptors (Lipinski definition) is 3. The topological polar surface area (TPSA) is 41.6 Å². The summed E-state index contributed by atoms with van der Waals surface area (Å²) in [6.45, 7) is 7.39. The van der Waals surface area contributed by atoms with Gasteiger partial charge in [0, 0.05) is 25.2 Å². The van der Waals surface area contributed by atoms with E-state index in [4.69, 9.17) is 4.74 Å². The van der Waals surface area contributed by atoms with Gasteiger partial charge in [-0.2, -0.15) is 0 Å². The first-order valence-electron chi connectivity index (χ1n) is 7.18. The summed E-state index contributed by atoms with van der Waals surface area (Å²) < 4.78 is 5.46. The van der Waals surface area contributed by atoms with E-state index < -0.39 is 5.60 Å². The van der Waals surface area contributed by atoms with Crippen molar-refractivity contribution in [2.75, 3.05) is 13.1 Å². The Labute approximate surface area is 110 Å². The van der Waals surface area contributed by atoms with Crippen LogP contribution in [0, 0.1) is 0 Å². The number of carbonyl (C=O) groups is 1. The first-order chi connectivity index (χ1) is 8.44. The lowest BCUT2D eigenvalue weighted by molar-refractivity contribution is 0.0243. The first-order valence-corrected chi connectivity index (χ1v) is 7.18. The normalized spacial score (nSPS) is 25.7. The van der Waals surface area contributed by atoms with Crippen LogP contribution in [0.4, 0.5) is 4.79 Å². The maximum Gasteiger partial charge on any atom is 0.410 e. The van der Waals surface area contributed by atoms with Crippen LogP contribution < -0.4 is 5.32 Å². The minimum atomic E-state index is -0.400. The van der Waals surface area contributed by atoms with Gasteiger partial charge >= 0.3 is 6.09 Å². The van der Waals surface area contributed by atoms with Gasteiger partial charge in [-0.15, -0.1) is 0 Å². The average molecular weight is 254 g/mol. The fraction of sp³-hybridized carbons (Fsp3) is 0.929. The molecule has 2 fully saturated rings. The molecule has 1 unspecified atom stereocenters. The van der Waals surface area contributed by atoms with E-state index in [1.807, 2.05) is 25.7 Å². The number of likely N-dealkylation sites (tertiary alicyclic amines) is 1. The molecule has 0 aromatic heterocycles. The van der Waals surface area contributed by atoms with Crippen molar-refractivity contribution in [3.63, 3.8) is 0 Å². The van der Waals surface area contributed by atoms with Crippen LogP contribution in [-0.2, 0) is 4.74 Å². The van der Waals surface area contributed by atoms with Gasteiger partial charge < -0.3 is 15.0 Å². The Morgan fingerprint density at radius 3 is 2.50 bits per heavy atom. The van der Waals surface area contributed by atoms with Crippen molar-refractivity contribution in [2.24, 2.45) is 0 Å². The van der Waals surface area contributed by atoms with E-state index in [9.17, 15) is 4.79 Å². The van der Waals surface area contributed by atoms with Crippen molar-refractivity contribution in [2.45, 2.75) is 70.6 Å². The smallest absolute Gasteiger partial charge is 0.410 e. The molecule has 1 atom stereocenters. The molecule has 1 amide bonds. The van der Waals surface area contributed by atoms with Crippen molar-refractivity contribution >= 4 is 6.09 Å². The van der Waals surface area contributed by atoms with Crippen LogP contribution in [0.25, 0.3) is 0 Å². The zero-order valence-corrected chi connectivity index (χ0v) is 11.9. The zero-order chi connectivity index (χ0) is 13.2. The second-order valence-corrected chi connectivity index (χ2v) is 6.56. The Morgan fingerprint density at radius 1 is 1.17 bits per heavy atom. The Balaban J connectivity index is 1.87. The SMILES string of the molecule is CC(C)(C)OC(=O)N1CCCCC(NC2CC2)C1. The Hall–Kier alpha value is -0.770. The van der Waals surface area contributed by atoms with Gasteiger partial charge in [-0.1, -0.05) is 6.42 Å². The summed E-state index contributed by atoms with van der Waals surface area (Å²) in [5.41, 5.74) is -0.400. The predicted molar refractivity (Wildman–Crippen MR) is 71.6 cm³/mol. The summed E-state index contributed by atoms with van der Waals surface area (Å²) in [5, 5.41) is 3.63. The minimum absolute atomic E-state index is 0.160. The molecule has 0 spiro atoms. The van der Waals surface area contributed by atoms with Crippen molar-refractivity contribution in [3.05, 3.63) is 0 Å². The van der Waals surface area contributed by atoms with Gasteiger partial charge in [-0.05, 0) is 46.5 Å². The molecule has 1 N–H and O–H groups in total. The zero-order valence-electron chi connectivity index (χ0n) is 11.9. The van der Waals surface area contributed by atoms with Gasteiger partial charge in [-0.3, -0.25) is 0 Å². The third-order valence-electron chi connectivity index (χ3n) is 3.37. The van der Waals surface area contributed by atoms with Crippen molar-refractivity contribution in [1.29, 1.82) is 0 Å². The summed E-state index contributed by atoms with van der Waals surface area (Å²) >= 11 is 0. The summed E-state index contributed by atoms with van der Waals surface area (Å²) in [6, 6.07) is 1.15. The molecule has 0 radical (unpaired) electrons. The van der Waals surface area contributed by atoms with E-state index >= 15 is 0 Å². The van der Waals surface area contributed by atoms with Crippen molar-refractivity contribution < 1.29 is 9.53 Å². The Kier molecular flexibility index (Phi) is 4.15. The van der Waals surface area contributed by atoms with E-state index in [1.165, 1.54) is 25.7 Å². The molecule has 1 saturated carbocycles. The van der Waals surface area contributed by atoms with Gasteiger partial charge in [0.05, 0.1) is 0 Å². The molecule has 1 heterocycles. The molecule has 0 aromatic carbocycles. The van der Waals surface area contributed by atoms with E-state index in [2.05, 4.69) is 5.32 Å². The summed E-state index contributed by atoms with van der Waals surface area (Å²) in [4.78, 5) is 14.0. The Bertz CT molecular complexity index is 295. The highest BCUT2D eigenvalue weighted by Gasteiger charge is 2.29. The third-order valence-corrected chi connectivity index (χ3v) is 3.37. The number of amides is 1. The van der Waals surface area contributed by atoms with E-state index in [0.29, 0.717) is 12.1 Å². The minimum Gasteiger partial charge on any atom is -0.444 e. The molecule has 0 aromatic rings. The maximum absolute atomic E-state index is 12.1. The largest absolute Gasteiger partial charge is 0.444 e. The van der Waals surface area contributed by atoms with Gasteiger partial charge in [0.1, 0.15) is 5.60 Å². The van der Waals surface area contributed by atoms with Crippen LogP contribution in [0.2, 0.25) is 0 Å². The van der Waals surface area contributed by atoms with Crippen LogP contribution in [-0.4, -0.2) is 41.8 Å². The number of nitrogens with one attached hydrogen (secondary N) is 1. The molecule has 1 saturated heterocycles. The van der Waals surface area contributed by atoms with Crippen LogP contribution in [0.15, 0.2) is 0 Å². The summed E-state index contributed by atoms with van der Waals surface area (Å²) in [7, 11) is 0. The standard InChI is InChI=1S/C14H26N2O2/c1-14(2,3)18-13(17)16-9-5-4-6-12(10-16)15-11-7-8-11/h11-12,15H,4-10H2,1-3H3. The van der Waals surface area contributed by atoms with Gasteiger partial charge in [0.15, 0.2) is 0 Å². The second-order valence-electron chi connectivity index (χ2n) is 6.56. The molecule has 4 heteroatoms. The average Bonchev–Trinajstić information content (AvgIpc) is 3.03. The number of hydrogen-bond donors (Lipinski definition) is 1. The lowest BCUT2D eigenvalue weighted by Gasteiger charge is -2.28. The number of rotatable bonds is 2. The van der Waals surface area contributed by atoms with Crippen LogP contribution in [0.5, 0.6) is 0 Å². The quantitative estimate of drug-likeness (QED) is 0.823. The van der Waals surface area contributed by atoms with Crippen LogP contribution in [0.3, 0.4) is 0 Å². The van der Waals surface area contributed by atoms with E-state index in [1.54, 1.807) is 0 Å². The second kappa shape index (κ2) is 5.47. The molecule has 0 bridgehead atoms. The van der Waals surface area contributed by atoms with Crippen molar-refractivity contribution in [1.82, 2.24) is 10.2 Å². The predicted octanol–water partition coefficient (Wildman–Crippen LogP) is 2.53. The molecule has 104 valence electrons. The van der Waals surface area contributed by atoms with Gasteiger partial charge in [0.2, 0.25) is 0 Å². The maximum atomic E-state index is 12.1. The third kappa shape index (κ3) is 4.48. The number of carbonyl (C=O) groups excluding carboxylic acids is 1. The van der Waals surface area contributed by atoms with Crippen LogP contribution >= 0.6 is 0 Å². The molecule has 18 heavy (non-hydrogen) atoms. The molecule has 2 rings (SSSR count). The highest BCUT2D eigenvalue weighted by molar-refractivity contribution is 5.68. The number of ether oxygens (including phenoxy) is 1. The molecule has 1 aliphatic carbocycles. The van der Waals surface area contributed by atoms with Crippen molar-refractivity contribution in [3.8, 4) is 0 Å². The Morgan fingerprint density at radius 2 is 1.89 bits per heavy atom. The highest BCUT2D eigenvalue weighted by Crippen LogP contribution is 2.22. The van der Waals surface area contributed by atoms with E-state index in [0.717, 1.165) is 19.5 Å². The fourth-order valence-electron chi connectivity index (χ4n) is 2.35. The monoisotopic (exact) mass is 254 g/mol. The number of nitrogens with zero attached hydrogens (tertiary/aromatic N) is 1. The summed E-state index contributed by atoms with van der Waals surface area (Å²) in [6.07, 6.45) is 5.89. The first kappa shape index (κ1) is 13.7. The lowest BCUT2D eigenvalue weighted by Crippen LogP contribution is -2.45. The molecule has 2 aliphatic rings.